The van der Waals surface area contributed by atoms with E-state index >= 15 is 0 Å². The quantitative estimate of drug-likeness (QED) is 0.910. The minimum atomic E-state index is -4.52. The molecule has 0 aromatic heterocycles. The lowest BCUT2D eigenvalue weighted by Gasteiger charge is -2.18. The zero-order valence-corrected chi connectivity index (χ0v) is 12.0. The van der Waals surface area contributed by atoms with Gasteiger partial charge >= 0.3 is 12.2 Å². The highest BCUT2D eigenvalue weighted by Gasteiger charge is 2.31. The van der Waals surface area contributed by atoms with E-state index in [4.69, 9.17) is 9.47 Å². The van der Waals surface area contributed by atoms with Gasteiger partial charge in [0.1, 0.15) is 5.75 Å². The number of methoxy groups -OCH3 is 2. The van der Waals surface area contributed by atoms with Crippen molar-refractivity contribution < 1.29 is 27.4 Å². The third-order valence-corrected chi connectivity index (χ3v) is 2.70. The van der Waals surface area contributed by atoms with Crippen LogP contribution in [0.3, 0.4) is 0 Å². The number of urea groups is 1. The number of hydrogen-bond donors (Lipinski definition) is 1. The number of benzene rings is 1. The van der Waals surface area contributed by atoms with E-state index in [1.54, 1.807) is 0 Å². The standard InChI is InChI=1S/C13H17F3N2O3/c1-18(4-5-20-2)12(19)17-10-6-9(13(14,15)16)7-11(8-10)21-3/h6-8H,4-5H2,1-3H3,(H,17,19). The molecule has 2 amide bonds. The number of anilines is 1. The molecule has 1 aromatic rings. The van der Waals surface area contributed by atoms with Crippen molar-refractivity contribution in [2.45, 2.75) is 6.18 Å². The Bertz CT molecular complexity index is 492. The molecule has 0 bridgehead atoms. The molecule has 1 N–H and O–H groups in total. The van der Waals surface area contributed by atoms with E-state index in [2.05, 4.69) is 5.32 Å². The van der Waals surface area contributed by atoms with Gasteiger partial charge in [-0.1, -0.05) is 0 Å². The molecule has 0 atom stereocenters. The molecule has 0 saturated carbocycles. The fourth-order valence-electron chi connectivity index (χ4n) is 1.50. The van der Waals surface area contributed by atoms with Gasteiger partial charge in [0, 0.05) is 32.5 Å². The smallest absolute Gasteiger partial charge is 0.416 e. The van der Waals surface area contributed by atoms with Gasteiger partial charge < -0.3 is 19.7 Å². The van der Waals surface area contributed by atoms with E-state index in [0.29, 0.717) is 13.2 Å². The zero-order valence-electron chi connectivity index (χ0n) is 12.0. The number of nitrogens with one attached hydrogen (secondary N) is 1. The van der Waals surface area contributed by atoms with Crippen molar-refractivity contribution in [3.63, 3.8) is 0 Å². The molecule has 118 valence electrons. The summed E-state index contributed by atoms with van der Waals surface area (Å²) in [5, 5.41) is 2.39. The highest BCUT2D eigenvalue weighted by Crippen LogP contribution is 2.34. The van der Waals surface area contributed by atoms with Gasteiger partial charge in [0.25, 0.3) is 0 Å². The summed E-state index contributed by atoms with van der Waals surface area (Å²) in [6.45, 7) is 0.647. The van der Waals surface area contributed by atoms with Crippen LogP contribution in [0.1, 0.15) is 5.56 Å². The maximum atomic E-state index is 12.8. The summed E-state index contributed by atoms with van der Waals surface area (Å²) < 4.78 is 47.9. The first-order valence-corrected chi connectivity index (χ1v) is 6.05. The summed E-state index contributed by atoms with van der Waals surface area (Å²) >= 11 is 0. The number of alkyl halides is 3. The Labute approximate surface area is 120 Å². The SMILES string of the molecule is COCCN(C)C(=O)Nc1cc(OC)cc(C(F)(F)F)c1. The number of likely N-dealkylation sites (N-methyl/N-ethyl adjacent to an activating group) is 1. The number of amides is 2. The van der Waals surface area contributed by atoms with Crippen molar-refractivity contribution in [1.82, 2.24) is 4.90 Å². The number of rotatable bonds is 5. The second kappa shape index (κ2) is 7.16. The summed E-state index contributed by atoms with van der Waals surface area (Å²) in [5.41, 5.74) is -0.882. The van der Waals surface area contributed by atoms with Crippen molar-refractivity contribution in [2.75, 3.05) is 39.7 Å². The molecule has 0 aliphatic heterocycles. The second-order valence-corrected chi connectivity index (χ2v) is 4.29. The van der Waals surface area contributed by atoms with Gasteiger partial charge in [-0.15, -0.1) is 0 Å². The summed E-state index contributed by atoms with van der Waals surface area (Å²) in [4.78, 5) is 13.1. The first-order valence-electron chi connectivity index (χ1n) is 6.05. The van der Waals surface area contributed by atoms with Crippen molar-refractivity contribution in [2.24, 2.45) is 0 Å². The molecule has 0 aliphatic carbocycles. The summed E-state index contributed by atoms with van der Waals surface area (Å²) in [5.74, 6) is 0.0136. The molecule has 21 heavy (non-hydrogen) atoms. The monoisotopic (exact) mass is 306 g/mol. The van der Waals surface area contributed by atoms with E-state index in [9.17, 15) is 18.0 Å². The van der Waals surface area contributed by atoms with Gasteiger partial charge in [0.05, 0.1) is 19.3 Å². The maximum absolute atomic E-state index is 12.8. The number of ether oxygens (including phenoxy) is 2. The van der Waals surface area contributed by atoms with Gasteiger partial charge in [0.2, 0.25) is 0 Å². The molecule has 8 heteroatoms. The van der Waals surface area contributed by atoms with Crippen molar-refractivity contribution in [3.05, 3.63) is 23.8 Å². The summed E-state index contributed by atoms with van der Waals surface area (Å²) in [7, 11) is 4.26. The lowest BCUT2D eigenvalue weighted by Crippen LogP contribution is -2.33. The third-order valence-electron chi connectivity index (χ3n) is 2.70. The molecule has 0 spiro atoms. The Morgan fingerprint density at radius 3 is 2.48 bits per heavy atom. The fourth-order valence-corrected chi connectivity index (χ4v) is 1.50. The Morgan fingerprint density at radius 1 is 1.29 bits per heavy atom. The summed E-state index contributed by atoms with van der Waals surface area (Å²) in [6.07, 6.45) is -4.52. The van der Waals surface area contributed by atoms with Gasteiger partial charge in [-0.05, 0) is 12.1 Å². The molecule has 0 saturated heterocycles. The maximum Gasteiger partial charge on any atom is 0.416 e. The van der Waals surface area contributed by atoms with Crippen molar-refractivity contribution in [1.29, 1.82) is 0 Å². The number of halogens is 3. The lowest BCUT2D eigenvalue weighted by molar-refractivity contribution is -0.137. The second-order valence-electron chi connectivity index (χ2n) is 4.29. The van der Waals surface area contributed by atoms with Crippen LogP contribution < -0.4 is 10.1 Å². The minimum Gasteiger partial charge on any atom is -0.497 e. The molecular weight excluding hydrogens is 289 g/mol. The average Bonchev–Trinajstić information content (AvgIpc) is 2.43. The van der Waals surface area contributed by atoms with E-state index < -0.39 is 17.8 Å². The van der Waals surface area contributed by atoms with E-state index in [-0.39, 0.29) is 11.4 Å². The molecular formula is C13H17F3N2O3. The van der Waals surface area contributed by atoms with Crippen LogP contribution in [-0.2, 0) is 10.9 Å². The van der Waals surface area contributed by atoms with Crippen LogP contribution in [0.15, 0.2) is 18.2 Å². The molecule has 0 fully saturated rings. The number of nitrogens with zero attached hydrogens (tertiary/aromatic N) is 1. The fraction of sp³-hybridized carbons (Fsp3) is 0.462. The molecule has 5 nitrogen and oxygen atoms in total. The normalized spacial score (nSPS) is 11.1. The predicted molar refractivity (Wildman–Crippen MR) is 71.5 cm³/mol. The average molecular weight is 306 g/mol. The third kappa shape index (κ3) is 5.14. The Balaban J connectivity index is 2.90. The van der Waals surface area contributed by atoms with Crippen LogP contribution in [-0.4, -0.2) is 45.3 Å². The van der Waals surface area contributed by atoms with Crippen LogP contribution in [0.5, 0.6) is 5.75 Å². The number of carbonyl (C=O) groups excluding carboxylic acids is 1. The molecule has 0 radical (unpaired) electrons. The van der Waals surface area contributed by atoms with Crippen LogP contribution in [0.2, 0.25) is 0 Å². The highest BCUT2D eigenvalue weighted by molar-refractivity contribution is 5.89. The van der Waals surface area contributed by atoms with Crippen molar-refractivity contribution >= 4 is 11.7 Å². The van der Waals surface area contributed by atoms with Crippen LogP contribution in [0.4, 0.5) is 23.7 Å². The Morgan fingerprint density at radius 2 is 1.95 bits per heavy atom. The summed E-state index contributed by atoms with van der Waals surface area (Å²) in [6, 6.07) is 2.50. The molecule has 0 aliphatic rings. The first-order chi connectivity index (χ1) is 9.77. The van der Waals surface area contributed by atoms with Gasteiger partial charge in [-0.25, -0.2) is 4.79 Å². The first kappa shape index (κ1) is 17.1. The topological polar surface area (TPSA) is 50.8 Å². The predicted octanol–water partition coefficient (Wildman–Crippen LogP) is 2.82. The van der Waals surface area contributed by atoms with Gasteiger partial charge in [-0.2, -0.15) is 13.2 Å². The minimum absolute atomic E-state index is 0.0101. The van der Waals surface area contributed by atoms with E-state index in [0.717, 1.165) is 12.1 Å². The Kier molecular flexibility index (Phi) is 5.83. The lowest BCUT2D eigenvalue weighted by atomic mass is 10.2. The van der Waals surface area contributed by atoms with Gasteiger partial charge in [0.15, 0.2) is 0 Å². The van der Waals surface area contributed by atoms with Gasteiger partial charge in [-0.3, -0.25) is 0 Å². The molecule has 1 rings (SSSR count). The molecule has 1 aromatic carbocycles. The largest absolute Gasteiger partial charge is 0.497 e. The van der Waals surface area contributed by atoms with E-state index in [1.807, 2.05) is 0 Å². The molecule has 0 heterocycles. The van der Waals surface area contributed by atoms with Crippen LogP contribution >= 0.6 is 0 Å². The van der Waals surface area contributed by atoms with Crippen LogP contribution in [0, 0.1) is 0 Å². The zero-order chi connectivity index (χ0) is 16.0. The van der Waals surface area contributed by atoms with E-state index in [1.165, 1.54) is 32.2 Å². The van der Waals surface area contributed by atoms with Crippen molar-refractivity contribution in [3.8, 4) is 5.75 Å². The number of carbonyl (C=O) groups is 1. The van der Waals surface area contributed by atoms with Crippen LogP contribution in [0.25, 0.3) is 0 Å². The number of hydrogen-bond acceptors (Lipinski definition) is 3. The Hall–Kier alpha value is -1.96. The highest BCUT2D eigenvalue weighted by atomic mass is 19.4. The molecule has 0 unspecified atom stereocenters.